The molecule has 0 aromatic heterocycles. The third kappa shape index (κ3) is 1.18. The molecule has 6 nitrogen and oxygen atoms in total. The Morgan fingerprint density at radius 3 is 2.31 bits per heavy atom. The first kappa shape index (κ1) is 9.58. The molecule has 0 unspecified atom stereocenters. The molecule has 13 heavy (non-hydrogen) atoms. The molecule has 0 amide bonds. The summed E-state index contributed by atoms with van der Waals surface area (Å²) in [5, 5.41) is 1.22. The Morgan fingerprint density at radius 1 is 1.23 bits per heavy atom. The van der Waals surface area contributed by atoms with E-state index in [4.69, 9.17) is 13.9 Å². The zero-order chi connectivity index (χ0) is 9.91. The highest BCUT2D eigenvalue weighted by Gasteiger charge is 2.61. The fourth-order valence-corrected chi connectivity index (χ4v) is 2.14. The van der Waals surface area contributed by atoms with Gasteiger partial charge in [-0.05, 0) is 32.9 Å². The summed E-state index contributed by atoms with van der Waals surface area (Å²) in [5.74, 6) is 0. The predicted molar refractivity (Wildman–Crippen MR) is 44.0 cm³/mol. The highest BCUT2D eigenvalue weighted by molar-refractivity contribution is 7.49. The lowest BCUT2D eigenvalue weighted by atomic mass is 9.84. The molecule has 0 radical (unpaired) electrons. The van der Waals surface area contributed by atoms with Crippen molar-refractivity contribution in [2.75, 3.05) is 0 Å². The Labute approximate surface area is 76.6 Å². The number of nitrogens with one attached hydrogen (secondary N) is 1. The van der Waals surface area contributed by atoms with Crippen LogP contribution >= 0.6 is 7.82 Å². The molecule has 0 aromatic rings. The van der Waals surface area contributed by atoms with Gasteiger partial charge in [0.25, 0.3) is 0 Å². The van der Waals surface area contributed by atoms with Gasteiger partial charge < -0.3 is 0 Å². The van der Waals surface area contributed by atoms with E-state index in [0.29, 0.717) is 0 Å². The van der Waals surface area contributed by atoms with E-state index in [-0.39, 0.29) is 0 Å². The molecule has 0 aliphatic carbocycles. The van der Waals surface area contributed by atoms with Gasteiger partial charge in [0.1, 0.15) is 0 Å². The monoisotopic (exact) mass is 208 g/mol. The topological polar surface area (TPSA) is 60.0 Å². The van der Waals surface area contributed by atoms with E-state index < -0.39 is 18.9 Å². The van der Waals surface area contributed by atoms with Gasteiger partial charge in [-0.2, -0.15) is 19.4 Å². The van der Waals surface area contributed by atoms with Crippen LogP contribution < -0.4 is 5.48 Å². The van der Waals surface area contributed by atoms with Crippen molar-refractivity contribution in [3.05, 3.63) is 0 Å². The first-order valence-corrected chi connectivity index (χ1v) is 5.48. The SMILES string of the molecule is CC1(C)NOP2(=O)ON(O2)C1(C)C. The number of hydrogen-bond acceptors (Lipinski definition) is 6. The van der Waals surface area contributed by atoms with Crippen LogP contribution in [0.1, 0.15) is 27.7 Å². The van der Waals surface area contributed by atoms with Crippen LogP contribution in [0.2, 0.25) is 0 Å². The van der Waals surface area contributed by atoms with Crippen LogP contribution in [-0.4, -0.2) is 16.3 Å². The van der Waals surface area contributed by atoms with Gasteiger partial charge in [-0.1, -0.05) is 0 Å². The van der Waals surface area contributed by atoms with Crippen LogP contribution in [0.5, 0.6) is 0 Å². The van der Waals surface area contributed by atoms with Crippen molar-refractivity contribution in [1.29, 1.82) is 0 Å². The lowest BCUT2D eigenvalue weighted by molar-refractivity contribution is -0.390. The van der Waals surface area contributed by atoms with E-state index in [2.05, 4.69) is 5.48 Å². The third-order valence-corrected chi connectivity index (χ3v) is 3.76. The first-order chi connectivity index (χ1) is 5.77. The van der Waals surface area contributed by atoms with Crippen LogP contribution in [0.3, 0.4) is 0 Å². The molecular formula is C6H13N2O4P. The number of rotatable bonds is 0. The van der Waals surface area contributed by atoms with Crippen molar-refractivity contribution in [1.82, 2.24) is 10.7 Å². The zero-order valence-electron chi connectivity index (χ0n) is 8.03. The maximum absolute atomic E-state index is 11.3. The van der Waals surface area contributed by atoms with Gasteiger partial charge in [-0.25, -0.2) is 4.57 Å². The normalized spacial score (nSPS) is 46.3. The maximum Gasteiger partial charge on any atom is 0.528 e. The van der Waals surface area contributed by atoms with Crippen LogP contribution in [0.15, 0.2) is 0 Å². The van der Waals surface area contributed by atoms with Crippen LogP contribution in [0.4, 0.5) is 0 Å². The molecular weight excluding hydrogens is 195 g/mol. The lowest BCUT2D eigenvalue weighted by Crippen LogP contribution is -2.61. The average molecular weight is 208 g/mol. The van der Waals surface area contributed by atoms with Crippen molar-refractivity contribution in [2.24, 2.45) is 0 Å². The number of nitrogens with zero attached hydrogens (tertiary/aromatic N) is 1. The van der Waals surface area contributed by atoms with Crippen LogP contribution in [-0.2, 0) is 18.4 Å². The van der Waals surface area contributed by atoms with Crippen molar-refractivity contribution in [3.63, 3.8) is 0 Å². The van der Waals surface area contributed by atoms with E-state index >= 15 is 0 Å². The number of hydrogen-bond donors (Lipinski definition) is 1. The van der Waals surface area contributed by atoms with Crippen molar-refractivity contribution >= 4 is 7.82 Å². The summed E-state index contributed by atoms with van der Waals surface area (Å²) in [6.07, 6.45) is 0. The third-order valence-electron chi connectivity index (χ3n) is 2.75. The predicted octanol–water partition coefficient (Wildman–Crippen LogP) is 1.37. The van der Waals surface area contributed by atoms with E-state index in [9.17, 15) is 4.57 Å². The standard InChI is InChI=1S/C6H13N2O4P/c1-5(2)6(3,4)8-11-13(9,12-8)10-7-5/h7H,1-4H3. The number of fused-ring (bicyclic) bond motifs is 3. The summed E-state index contributed by atoms with van der Waals surface area (Å²) in [5.41, 5.74) is 1.81. The van der Waals surface area contributed by atoms with Crippen molar-refractivity contribution in [2.45, 2.75) is 38.8 Å². The quantitative estimate of drug-likeness (QED) is 0.606. The maximum atomic E-state index is 11.3. The molecule has 3 aliphatic heterocycles. The minimum Gasteiger partial charge on any atom is -0.223 e. The van der Waals surface area contributed by atoms with Crippen LogP contribution in [0, 0.1) is 0 Å². The molecule has 3 heterocycles. The molecule has 3 fully saturated rings. The molecule has 0 saturated carbocycles. The highest BCUT2D eigenvalue weighted by atomic mass is 31.2. The first-order valence-electron chi connectivity index (χ1n) is 4.02. The Hall–Kier alpha value is 0.0300. The Kier molecular flexibility index (Phi) is 1.72. The molecule has 0 atom stereocenters. The molecule has 76 valence electrons. The Balaban J connectivity index is 2.33. The van der Waals surface area contributed by atoms with E-state index in [0.717, 1.165) is 0 Å². The molecule has 2 bridgehead atoms. The van der Waals surface area contributed by atoms with Gasteiger partial charge in [0.2, 0.25) is 0 Å². The summed E-state index contributed by atoms with van der Waals surface area (Å²) >= 11 is 0. The minimum atomic E-state index is -3.33. The van der Waals surface area contributed by atoms with Gasteiger partial charge in [-0.3, -0.25) is 0 Å². The van der Waals surface area contributed by atoms with Crippen molar-refractivity contribution in [3.8, 4) is 0 Å². The second-order valence-corrected chi connectivity index (χ2v) is 5.65. The smallest absolute Gasteiger partial charge is 0.223 e. The fraction of sp³-hybridized carbons (Fsp3) is 1.00. The van der Waals surface area contributed by atoms with E-state index in [1.807, 2.05) is 27.7 Å². The summed E-state index contributed by atoms with van der Waals surface area (Å²) in [7, 11) is -3.33. The Bertz CT molecular complexity index is 272. The molecule has 0 spiro atoms. The second kappa shape index (κ2) is 2.34. The Morgan fingerprint density at radius 2 is 1.77 bits per heavy atom. The lowest BCUT2D eigenvalue weighted by Gasteiger charge is -2.45. The fourth-order valence-electron chi connectivity index (χ4n) is 0.948. The molecule has 3 aliphatic rings. The van der Waals surface area contributed by atoms with E-state index in [1.165, 1.54) is 5.23 Å². The number of phosphoric acid groups is 1. The average Bonchev–Trinajstić information content (AvgIpc) is 2.02. The highest BCUT2D eigenvalue weighted by Crippen LogP contribution is 2.64. The van der Waals surface area contributed by atoms with Crippen LogP contribution in [0.25, 0.3) is 0 Å². The summed E-state index contributed by atoms with van der Waals surface area (Å²) in [6, 6.07) is 0. The zero-order valence-corrected chi connectivity index (χ0v) is 8.92. The molecule has 1 N–H and O–H groups in total. The van der Waals surface area contributed by atoms with E-state index in [1.54, 1.807) is 0 Å². The van der Waals surface area contributed by atoms with Gasteiger partial charge in [0.05, 0.1) is 11.1 Å². The molecule has 3 rings (SSSR count). The minimum absolute atomic E-state index is 0.421. The number of hydroxylamine groups is 3. The summed E-state index contributed by atoms with van der Waals surface area (Å²) in [4.78, 5) is 0. The molecule has 0 aromatic carbocycles. The van der Waals surface area contributed by atoms with Gasteiger partial charge >= 0.3 is 7.82 Å². The molecule has 7 heteroatoms. The van der Waals surface area contributed by atoms with Gasteiger partial charge in [-0.15, -0.1) is 0 Å². The summed E-state index contributed by atoms with van der Waals surface area (Å²) in [6.45, 7) is 7.62. The van der Waals surface area contributed by atoms with Gasteiger partial charge in [0.15, 0.2) is 0 Å². The van der Waals surface area contributed by atoms with Crippen molar-refractivity contribution < 1.29 is 18.4 Å². The summed E-state index contributed by atoms with van der Waals surface area (Å²) < 4.78 is 26.0. The van der Waals surface area contributed by atoms with Gasteiger partial charge in [0, 0.05) is 0 Å². The largest absolute Gasteiger partial charge is 0.528 e. The second-order valence-electron chi connectivity index (χ2n) is 4.24. The molecule has 3 saturated heterocycles.